The van der Waals surface area contributed by atoms with Crippen LogP contribution >= 0.6 is 11.3 Å². The molecule has 0 saturated carbocycles. The summed E-state index contributed by atoms with van der Waals surface area (Å²) in [5.74, 6) is -0.591. The van der Waals surface area contributed by atoms with Crippen molar-refractivity contribution in [2.75, 3.05) is 12.4 Å². The van der Waals surface area contributed by atoms with E-state index in [1.807, 2.05) is 50.4 Å². The number of hydrogen-bond acceptors (Lipinski definition) is 5. The normalized spacial score (nSPS) is 11.1. The van der Waals surface area contributed by atoms with Crippen molar-refractivity contribution < 1.29 is 14.3 Å². The van der Waals surface area contributed by atoms with Crippen LogP contribution in [-0.4, -0.2) is 28.4 Å². The fraction of sp³-hybridized carbons (Fsp3) is 0.150. The van der Waals surface area contributed by atoms with Crippen LogP contribution in [0.5, 0.6) is 0 Å². The molecule has 136 valence electrons. The molecule has 0 spiro atoms. The summed E-state index contributed by atoms with van der Waals surface area (Å²) in [5.41, 5.74) is 3.61. The molecule has 0 bridgehead atoms. The average Bonchev–Trinajstić information content (AvgIpc) is 3.20. The summed E-state index contributed by atoms with van der Waals surface area (Å²) in [6.07, 6.45) is 1.90. The molecule has 0 aliphatic rings. The number of imidazole rings is 1. The standard InChI is InChI=1S/C20H17N3O3S/c1-11-4-7-17-21-12(2)18(23(17)10-11)19(24)22-14-5-6-15-13(8-14)9-16(27-15)20(25)26-3/h4-10H,1-3H3,(H,22,24). The van der Waals surface area contributed by atoms with Gasteiger partial charge in [0.25, 0.3) is 5.91 Å². The number of thiophene rings is 1. The van der Waals surface area contributed by atoms with Crippen molar-refractivity contribution in [3.05, 3.63) is 64.4 Å². The molecule has 1 amide bonds. The van der Waals surface area contributed by atoms with Gasteiger partial charge in [0.2, 0.25) is 0 Å². The van der Waals surface area contributed by atoms with Gasteiger partial charge in [0, 0.05) is 16.6 Å². The van der Waals surface area contributed by atoms with Crippen LogP contribution in [0.4, 0.5) is 5.69 Å². The number of esters is 1. The molecule has 1 N–H and O–H groups in total. The summed E-state index contributed by atoms with van der Waals surface area (Å²) in [6, 6.07) is 11.2. The Labute approximate surface area is 159 Å². The number of nitrogens with one attached hydrogen (secondary N) is 1. The summed E-state index contributed by atoms with van der Waals surface area (Å²) in [6.45, 7) is 3.79. The van der Waals surface area contributed by atoms with Gasteiger partial charge < -0.3 is 10.1 Å². The van der Waals surface area contributed by atoms with Crippen molar-refractivity contribution in [1.82, 2.24) is 9.38 Å². The predicted octanol–water partition coefficient (Wildman–Crippen LogP) is 4.20. The Morgan fingerprint density at radius 2 is 1.96 bits per heavy atom. The zero-order chi connectivity index (χ0) is 19.1. The smallest absolute Gasteiger partial charge is 0.348 e. The SMILES string of the molecule is COC(=O)c1cc2cc(NC(=O)c3c(C)nc4ccc(C)cn34)ccc2s1. The molecule has 27 heavy (non-hydrogen) atoms. The Bertz CT molecular complexity index is 1210. The number of pyridine rings is 1. The molecule has 0 saturated heterocycles. The average molecular weight is 379 g/mol. The van der Waals surface area contributed by atoms with E-state index in [0.717, 1.165) is 21.3 Å². The molecule has 0 radical (unpaired) electrons. The first-order valence-electron chi connectivity index (χ1n) is 8.35. The molecule has 3 heterocycles. The molecule has 0 aliphatic carbocycles. The lowest BCUT2D eigenvalue weighted by molar-refractivity contribution is 0.0606. The second-order valence-corrected chi connectivity index (χ2v) is 7.37. The van der Waals surface area contributed by atoms with Crippen LogP contribution in [0.2, 0.25) is 0 Å². The van der Waals surface area contributed by atoms with Crippen LogP contribution in [-0.2, 0) is 4.74 Å². The number of amides is 1. The zero-order valence-corrected chi connectivity index (χ0v) is 15.9. The molecule has 6 nitrogen and oxygen atoms in total. The Balaban J connectivity index is 1.68. The Morgan fingerprint density at radius 1 is 1.15 bits per heavy atom. The minimum atomic E-state index is -0.362. The van der Waals surface area contributed by atoms with Crippen molar-refractivity contribution in [2.24, 2.45) is 0 Å². The fourth-order valence-corrected chi connectivity index (χ4v) is 4.02. The molecular formula is C20H17N3O3S. The monoisotopic (exact) mass is 379 g/mol. The topological polar surface area (TPSA) is 72.7 Å². The van der Waals surface area contributed by atoms with Gasteiger partial charge in [-0.2, -0.15) is 0 Å². The quantitative estimate of drug-likeness (QED) is 0.541. The number of benzene rings is 1. The lowest BCUT2D eigenvalue weighted by atomic mass is 10.2. The zero-order valence-electron chi connectivity index (χ0n) is 15.1. The van der Waals surface area contributed by atoms with E-state index in [9.17, 15) is 9.59 Å². The molecular weight excluding hydrogens is 362 g/mol. The lowest BCUT2D eigenvalue weighted by Crippen LogP contribution is -2.15. The van der Waals surface area contributed by atoms with Crippen LogP contribution in [0.15, 0.2) is 42.6 Å². The second-order valence-electron chi connectivity index (χ2n) is 6.29. The third-order valence-electron chi connectivity index (χ3n) is 4.32. The third kappa shape index (κ3) is 3.06. The second kappa shape index (κ2) is 6.51. The van der Waals surface area contributed by atoms with E-state index in [1.165, 1.54) is 18.4 Å². The van der Waals surface area contributed by atoms with Crippen LogP contribution in [0.1, 0.15) is 31.4 Å². The highest BCUT2D eigenvalue weighted by Gasteiger charge is 2.17. The Hall–Kier alpha value is -3.19. The highest BCUT2D eigenvalue weighted by atomic mass is 32.1. The number of hydrogen-bond donors (Lipinski definition) is 1. The molecule has 0 atom stereocenters. The molecule has 1 aromatic carbocycles. The molecule has 7 heteroatoms. The highest BCUT2D eigenvalue weighted by molar-refractivity contribution is 7.20. The van der Waals surface area contributed by atoms with Crippen LogP contribution in [0.3, 0.4) is 0 Å². The molecule has 3 aromatic heterocycles. The number of aryl methyl sites for hydroxylation is 2. The first-order valence-corrected chi connectivity index (χ1v) is 9.16. The van der Waals surface area contributed by atoms with E-state index in [0.29, 0.717) is 22.0 Å². The van der Waals surface area contributed by atoms with Gasteiger partial charge in [-0.15, -0.1) is 11.3 Å². The minimum absolute atomic E-state index is 0.228. The summed E-state index contributed by atoms with van der Waals surface area (Å²) in [4.78, 5) is 29.6. The predicted molar refractivity (Wildman–Crippen MR) is 106 cm³/mol. The maximum absolute atomic E-state index is 12.9. The van der Waals surface area contributed by atoms with Gasteiger partial charge in [-0.05, 0) is 55.1 Å². The van der Waals surface area contributed by atoms with Gasteiger partial charge in [0.05, 0.1) is 12.8 Å². The molecule has 4 aromatic rings. The number of rotatable bonds is 3. The highest BCUT2D eigenvalue weighted by Crippen LogP contribution is 2.29. The van der Waals surface area contributed by atoms with E-state index in [1.54, 1.807) is 10.5 Å². The van der Waals surface area contributed by atoms with Crippen molar-refractivity contribution in [1.29, 1.82) is 0 Å². The van der Waals surface area contributed by atoms with E-state index >= 15 is 0 Å². The first-order chi connectivity index (χ1) is 13.0. The molecule has 0 aliphatic heterocycles. The Kier molecular flexibility index (Phi) is 4.16. The number of ether oxygens (including phenoxy) is 1. The fourth-order valence-electron chi connectivity index (χ4n) is 3.05. The number of carbonyl (C=O) groups excluding carboxylic acids is 2. The van der Waals surface area contributed by atoms with E-state index in [2.05, 4.69) is 10.3 Å². The summed E-state index contributed by atoms with van der Waals surface area (Å²) < 4.78 is 7.52. The number of carbonyl (C=O) groups is 2. The van der Waals surface area contributed by atoms with Gasteiger partial charge in [-0.3, -0.25) is 9.20 Å². The summed E-state index contributed by atoms with van der Waals surface area (Å²) >= 11 is 1.36. The lowest BCUT2D eigenvalue weighted by Gasteiger charge is -2.07. The number of anilines is 1. The van der Waals surface area contributed by atoms with Crippen molar-refractivity contribution in [3.63, 3.8) is 0 Å². The van der Waals surface area contributed by atoms with E-state index in [4.69, 9.17) is 4.74 Å². The number of fused-ring (bicyclic) bond motifs is 2. The van der Waals surface area contributed by atoms with Gasteiger partial charge in [0.1, 0.15) is 16.2 Å². The van der Waals surface area contributed by atoms with Crippen molar-refractivity contribution in [3.8, 4) is 0 Å². The van der Waals surface area contributed by atoms with Gasteiger partial charge >= 0.3 is 5.97 Å². The Morgan fingerprint density at radius 3 is 2.74 bits per heavy atom. The van der Waals surface area contributed by atoms with Gasteiger partial charge in [-0.25, -0.2) is 9.78 Å². The molecule has 0 unspecified atom stereocenters. The summed E-state index contributed by atoms with van der Waals surface area (Å²) in [7, 11) is 1.36. The van der Waals surface area contributed by atoms with Gasteiger partial charge in [-0.1, -0.05) is 6.07 Å². The maximum atomic E-state index is 12.9. The van der Waals surface area contributed by atoms with Crippen molar-refractivity contribution >= 4 is 44.6 Å². The van der Waals surface area contributed by atoms with E-state index < -0.39 is 0 Å². The molecule has 0 fully saturated rings. The van der Waals surface area contributed by atoms with E-state index in [-0.39, 0.29) is 11.9 Å². The molecule has 4 rings (SSSR count). The van der Waals surface area contributed by atoms with Crippen LogP contribution in [0, 0.1) is 13.8 Å². The number of methoxy groups -OCH3 is 1. The van der Waals surface area contributed by atoms with Gasteiger partial charge in [0.15, 0.2) is 0 Å². The van der Waals surface area contributed by atoms with Crippen molar-refractivity contribution in [2.45, 2.75) is 13.8 Å². The van der Waals surface area contributed by atoms with Crippen LogP contribution in [0.25, 0.3) is 15.7 Å². The maximum Gasteiger partial charge on any atom is 0.348 e. The largest absolute Gasteiger partial charge is 0.465 e. The third-order valence-corrected chi connectivity index (χ3v) is 5.41. The number of aromatic nitrogens is 2. The summed E-state index contributed by atoms with van der Waals surface area (Å²) in [5, 5.41) is 3.81. The van der Waals surface area contributed by atoms with Crippen LogP contribution < -0.4 is 5.32 Å². The first kappa shape index (κ1) is 17.2. The minimum Gasteiger partial charge on any atom is -0.465 e. The number of nitrogens with zero attached hydrogens (tertiary/aromatic N) is 2.